The Hall–Kier alpha value is -8.54. The lowest BCUT2D eigenvalue weighted by molar-refractivity contribution is 0.278. The number of hydrogen-bond acceptors (Lipinski definition) is 3. The highest BCUT2D eigenvalue weighted by molar-refractivity contribution is 6.30. The summed E-state index contributed by atoms with van der Waals surface area (Å²) in [4.78, 5) is 0. The van der Waals surface area contributed by atoms with Crippen molar-refractivity contribution < 1.29 is 156 Å². The fourth-order valence-corrected chi connectivity index (χ4v) is 6.15. The molecular formula is C48H11BF32O3. The molecule has 0 heterocycles. The van der Waals surface area contributed by atoms with Gasteiger partial charge in [-0.05, 0) is 48.5 Å². The molecular weight excluding hydrogens is 1240 g/mol. The van der Waals surface area contributed by atoms with E-state index in [9.17, 15) is 140 Å². The van der Waals surface area contributed by atoms with Gasteiger partial charge in [0.15, 0.2) is 186 Å². The molecule has 0 aromatic heterocycles. The van der Waals surface area contributed by atoms with Crippen LogP contribution < -0.4 is 0 Å². The SMILES string of the molecule is Fc1cc(-c2cc(F)c(F)c(F)c2F)c(F)c(F)c1F.Fc1cc(-c2cc(F)c(F)c(F)c2F)c(F)c(F)c1F.Fc1cc(-c2cc(F)c(F)c(F)c2F)c(F)c(F)c1F.Fc1cc(-c2cc(F)c(F)c(F)c2F)c(F)c(F)c1F.OB(O)O. The molecule has 0 saturated heterocycles. The predicted octanol–water partition coefficient (Wildman–Crippen LogP) is 15.8. The second kappa shape index (κ2) is 26.8. The van der Waals surface area contributed by atoms with E-state index in [2.05, 4.69) is 0 Å². The second-order valence-electron chi connectivity index (χ2n) is 15.1. The van der Waals surface area contributed by atoms with Crippen LogP contribution in [-0.4, -0.2) is 22.4 Å². The summed E-state index contributed by atoms with van der Waals surface area (Å²) in [6, 6.07) is 0.0234. The molecule has 448 valence electrons. The summed E-state index contributed by atoms with van der Waals surface area (Å²) in [6.45, 7) is 0. The zero-order chi connectivity index (χ0) is 64.3. The van der Waals surface area contributed by atoms with E-state index in [-0.39, 0.29) is 48.5 Å². The van der Waals surface area contributed by atoms with E-state index in [1.807, 2.05) is 0 Å². The Bertz CT molecular complexity index is 3150. The third-order valence-electron chi connectivity index (χ3n) is 9.98. The first-order valence-electron chi connectivity index (χ1n) is 20.4. The first kappa shape index (κ1) is 68.0. The standard InChI is InChI=1S/4C12H2F8.BH3O3/c4*13-5-1-3(7(15)11(19)9(5)17)4-2-6(14)10(18)12(20)8(4)16;2-1(3)4/h4*1-2H;2-4H. The minimum absolute atomic E-state index is 0.00292. The third-order valence-corrected chi connectivity index (χ3v) is 9.98. The molecule has 0 aliphatic heterocycles. The fourth-order valence-electron chi connectivity index (χ4n) is 6.15. The first-order chi connectivity index (χ1) is 38.7. The van der Waals surface area contributed by atoms with Gasteiger partial charge < -0.3 is 15.1 Å². The summed E-state index contributed by atoms with van der Waals surface area (Å²) < 4.78 is 416. The zero-order valence-corrected chi connectivity index (χ0v) is 38.6. The van der Waals surface area contributed by atoms with Gasteiger partial charge in [-0.15, -0.1) is 0 Å². The van der Waals surface area contributed by atoms with Crippen LogP contribution in [0.1, 0.15) is 0 Å². The van der Waals surface area contributed by atoms with E-state index in [1.165, 1.54) is 0 Å². The van der Waals surface area contributed by atoms with Gasteiger partial charge in [-0.2, -0.15) is 0 Å². The van der Waals surface area contributed by atoms with Crippen LogP contribution >= 0.6 is 0 Å². The Morgan fingerprint density at radius 3 is 0.286 bits per heavy atom. The molecule has 0 saturated carbocycles. The van der Waals surface area contributed by atoms with Crippen molar-refractivity contribution in [2.24, 2.45) is 0 Å². The molecule has 0 unspecified atom stereocenters. The number of rotatable bonds is 4. The lowest BCUT2D eigenvalue weighted by atomic mass is 10.0. The lowest BCUT2D eigenvalue weighted by Gasteiger charge is -2.09. The minimum Gasteiger partial charge on any atom is -0.402 e. The highest BCUT2D eigenvalue weighted by Gasteiger charge is 2.31. The van der Waals surface area contributed by atoms with E-state index in [0.717, 1.165) is 0 Å². The Kier molecular flexibility index (Phi) is 21.7. The quantitative estimate of drug-likeness (QED) is 0.0712. The summed E-state index contributed by atoms with van der Waals surface area (Å²) in [7, 11) is -2.17. The topological polar surface area (TPSA) is 60.7 Å². The Morgan fingerprint density at radius 1 is 0.143 bits per heavy atom. The van der Waals surface area contributed by atoms with Crippen molar-refractivity contribution in [3.05, 3.63) is 235 Å². The average Bonchev–Trinajstić information content (AvgIpc) is 2.80. The molecule has 0 aliphatic carbocycles. The van der Waals surface area contributed by atoms with Gasteiger partial charge in [-0.3, -0.25) is 0 Å². The van der Waals surface area contributed by atoms with Crippen LogP contribution in [0.5, 0.6) is 0 Å². The number of benzene rings is 8. The number of hydrogen-bond donors (Lipinski definition) is 3. The van der Waals surface area contributed by atoms with Crippen LogP contribution in [0.25, 0.3) is 44.5 Å². The average molecular weight is 1250 g/mol. The van der Waals surface area contributed by atoms with Crippen molar-refractivity contribution in [1.82, 2.24) is 0 Å². The molecule has 3 N–H and O–H groups in total. The largest absolute Gasteiger partial charge is 0.631 e. The second-order valence-corrected chi connectivity index (χ2v) is 15.1. The Balaban J connectivity index is 0.000000235. The zero-order valence-electron chi connectivity index (χ0n) is 38.6. The van der Waals surface area contributed by atoms with E-state index in [1.54, 1.807) is 0 Å². The summed E-state index contributed by atoms with van der Waals surface area (Å²) in [5.74, 6) is -67.4. The van der Waals surface area contributed by atoms with Gasteiger partial charge in [0, 0.05) is 44.5 Å². The molecule has 8 aromatic rings. The number of halogens is 32. The van der Waals surface area contributed by atoms with Gasteiger partial charge >= 0.3 is 7.32 Å². The van der Waals surface area contributed by atoms with Gasteiger partial charge in [0.25, 0.3) is 0 Å². The smallest absolute Gasteiger partial charge is 0.402 e. The molecule has 0 atom stereocenters. The van der Waals surface area contributed by atoms with Crippen molar-refractivity contribution in [2.75, 3.05) is 0 Å². The predicted molar refractivity (Wildman–Crippen MR) is 219 cm³/mol. The molecule has 0 fully saturated rings. The molecule has 0 bridgehead atoms. The fraction of sp³-hybridized carbons (Fsp3) is 0. The van der Waals surface area contributed by atoms with Gasteiger partial charge in [0.2, 0.25) is 0 Å². The molecule has 0 amide bonds. The maximum atomic E-state index is 13.4. The Morgan fingerprint density at radius 2 is 0.214 bits per heavy atom. The maximum absolute atomic E-state index is 13.4. The van der Waals surface area contributed by atoms with Crippen LogP contribution in [0.15, 0.2) is 48.5 Å². The van der Waals surface area contributed by atoms with Crippen molar-refractivity contribution in [3.8, 4) is 44.5 Å². The van der Waals surface area contributed by atoms with Gasteiger partial charge in [-0.25, -0.2) is 140 Å². The molecule has 36 heteroatoms. The third kappa shape index (κ3) is 13.8. The van der Waals surface area contributed by atoms with E-state index in [0.29, 0.717) is 0 Å². The van der Waals surface area contributed by atoms with E-state index < -0.39 is 238 Å². The summed E-state index contributed by atoms with van der Waals surface area (Å²) in [5.41, 5.74) is -10.2. The summed E-state index contributed by atoms with van der Waals surface area (Å²) >= 11 is 0. The molecule has 0 radical (unpaired) electrons. The van der Waals surface area contributed by atoms with Gasteiger partial charge in [-0.1, -0.05) is 0 Å². The lowest BCUT2D eigenvalue weighted by Crippen LogP contribution is -2.07. The molecule has 0 aliphatic rings. The van der Waals surface area contributed by atoms with Crippen LogP contribution in [0.3, 0.4) is 0 Å². The Labute approximate surface area is 441 Å². The maximum Gasteiger partial charge on any atom is 0.631 e. The van der Waals surface area contributed by atoms with Crippen LogP contribution in [-0.2, 0) is 0 Å². The van der Waals surface area contributed by atoms with Gasteiger partial charge in [0.05, 0.1) is 0 Å². The highest BCUT2D eigenvalue weighted by Crippen LogP contribution is 2.37. The van der Waals surface area contributed by atoms with Crippen molar-refractivity contribution >= 4 is 7.32 Å². The monoisotopic (exact) mass is 1250 g/mol. The normalized spacial score (nSPS) is 10.8. The first-order valence-corrected chi connectivity index (χ1v) is 20.4. The van der Waals surface area contributed by atoms with Crippen molar-refractivity contribution in [1.29, 1.82) is 0 Å². The van der Waals surface area contributed by atoms with Crippen LogP contribution in [0.2, 0.25) is 0 Å². The van der Waals surface area contributed by atoms with Gasteiger partial charge in [0.1, 0.15) is 0 Å². The molecule has 0 spiro atoms. The summed E-state index contributed by atoms with van der Waals surface area (Å²) in [6.07, 6.45) is 0. The minimum atomic E-state index is -2.29. The molecule has 3 nitrogen and oxygen atoms in total. The molecule has 84 heavy (non-hydrogen) atoms. The van der Waals surface area contributed by atoms with E-state index >= 15 is 0 Å². The molecule has 8 rings (SSSR count). The van der Waals surface area contributed by atoms with Crippen LogP contribution in [0, 0.1) is 186 Å². The van der Waals surface area contributed by atoms with E-state index in [4.69, 9.17) is 15.1 Å². The molecule has 8 aromatic carbocycles. The van der Waals surface area contributed by atoms with Crippen LogP contribution in [0.4, 0.5) is 140 Å². The van der Waals surface area contributed by atoms with Crippen molar-refractivity contribution in [2.45, 2.75) is 0 Å². The highest BCUT2D eigenvalue weighted by atomic mass is 19.2. The van der Waals surface area contributed by atoms with Crippen molar-refractivity contribution in [3.63, 3.8) is 0 Å². The summed E-state index contributed by atoms with van der Waals surface area (Å²) in [5, 5.41) is 21.5.